The van der Waals surface area contributed by atoms with Gasteiger partial charge >= 0.3 is 0 Å². The van der Waals surface area contributed by atoms with Crippen molar-refractivity contribution >= 4 is 22.4 Å². The number of aryl methyl sites for hydroxylation is 1. The van der Waals surface area contributed by atoms with Crippen molar-refractivity contribution in [2.24, 2.45) is 5.84 Å². The van der Waals surface area contributed by atoms with Gasteiger partial charge in [-0.25, -0.2) is 4.98 Å². The Balaban J connectivity index is 1.97. The highest BCUT2D eigenvalue weighted by Crippen LogP contribution is 2.23. The summed E-state index contributed by atoms with van der Waals surface area (Å²) >= 11 is 1.69. The fourth-order valence-corrected chi connectivity index (χ4v) is 3.40. The number of para-hydroxylation sites is 2. The number of fused-ring (bicyclic) bond motifs is 1. The Kier molecular flexibility index (Phi) is 4.34. The highest BCUT2D eigenvalue weighted by molar-refractivity contribution is 7.07. The fraction of sp³-hybridized carbons (Fsp3) is 0.312. The average molecular weight is 300 g/mol. The molecule has 0 saturated heterocycles. The molecular weight excluding hydrogens is 280 g/mol. The third-order valence-electron chi connectivity index (χ3n) is 3.71. The van der Waals surface area contributed by atoms with Crippen LogP contribution >= 0.6 is 11.3 Å². The van der Waals surface area contributed by atoms with Crippen molar-refractivity contribution in [2.75, 3.05) is 0 Å². The molecule has 5 heteroatoms. The van der Waals surface area contributed by atoms with E-state index in [1.807, 2.05) is 6.07 Å². The van der Waals surface area contributed by atoms with Gasteiger partial charge in [0.1, 0.15) is 5.82 Å². The van der Waals surface area contributed by atoms with Crippen molar-refractivity contribution in [1.82, 2.24) is 15.0 Å². The molecule has 0 radical (unpaired) electrons. The minimum Gasteiger partial charge on any atom is -0.328 e. The molecule has 4 nitrogen and oxygen atoms in total. The molecule has 0 aliphatic rings. The molecule has 1 aromatic carbocycles. The summed E-state index contributed by atoms with van der Waals surface area (Å²) in [6.07, 6.45) is 1.88. The Hall–Kier alpha value is -1.69. The lowest BCUT2D eigenvalue weighted by Gasteiger charge is -2.15. The smallest absolute Gasteiger partial charge is 0.111 e. The van der Waals surface area contributed by atoms with Crippen LogP contribution in [0.25, 0.3) is 11.0 Å². The van der Waals surface area contributed by atoms with E-state index in [1.54, 1.807) is 11.3 Å². The summed E-state index contributed by atoms with van der Waals surface area (Å²) in [5.74, 6) is 6.84. The topological polar surface area (TPSA) is 55.9 Å². The molecule has 3 rings (SSSR count). The number of aromatic nitrogens is 2. The van der Waals surface area contributed by atoms with Gasteiger partial charge in [0, 0.05) is 13.0 Å². The van der Waals surface area contributed by atoms with Gasteiger partial charge in [-0.2, -0.15) is 11.3 Å². The third-order valence-corrected chi connectivity index (χ3v) is 4.42. The summed E-state index contributed by atoms with van der Waals surface area (Å²) in [5, 5.41) is 4.21. The first-order valence-corrected chi connectivity index (χ1v) is 8.20. The van der Waals surface area contributed by atoms with E-state index in [0.717, 1.165) is 30.7 Å². The molecule has 0 fully saturated rings. The lowest BCUT2D eigenvalue weighted by atomic mass is 10.1. The number of rotatable bonds is 6. The van der Waals surface area contributed by atoms with Crippen molar-refractivity contribution in [2.45, 2.75) is 32.4 Å². The van der Waals surface area contributed by atoms with Crippen molar-refractivity contribution in [3.63, 3.8) is 0 Å². The van der Waals surface area contributed by atoms with Gasteiger partial charge in [-0.3, -0.25) is 11.3 Å². The monoisotopic (exact) mass is 300 g/mol. The second kappa shape index (κ2) is 6.39. The van der Waals surface area contributed by atoms with Crippen LogP contribution in [0, 0.1) is 0 Å². The summed E-state index contributed by atoms with van der Waals surface area (Å²) in [5.41, 5.74) is 6.40. The van der Waals surface area contributed by atoms with Gasteiger partial charge in [0.2, 0.25) is 0 Å². The predicted octanol–water partition coefficient (Wildman–Crippen LogP) is 3.25. The Bertz CT molecular complexity index is 702. The van der Waals surface area contributed by atoms with Crippen molar-refractivity contribution in [3.05, 3.63) is 52.5 Å². The zero-order valence-corrected chi connectivity index (χ0v) is 12.9. The molecule has 0 amide bonds. The van der Waals surface area contributed by atoms with Crippen LogP contribution < -0.4 is 11.3 Å². The van der Waals surface area contributed by atoms with Crippen LogP contribution in [0.5, 0.6) is 0 Å². The zero-order valence-electron chi connectivity index (χ0n) is 12.1. The normalized spacial score (nSPS) is 12.9. The summed E-state index contributed by atoms with van der Waals surface area (Å²) < 4.78 is 2.31. The van der Waals surface area contributed by atoms with Gasteiger partial charge in [-0.1, -0.05) is 19.1 Å². The Morgan fingerprint density at radius 3 is 2.90 bits per heavy atom. The van der Waals surface area contributed by atoms with Gasteiger partial charge in [0.05, 0.1) is 17.1 Å². The number of imidazole rings is 1. The zero-order chi connectivity index (χ0) is 14.7. The van der Waals surface area contributed by atoms with Crippen LogP contribution in [0.15, 0.2) is 41.1 Å². The predicted molar refractivity (Wildman–Crippen MR) is 88.1 cm³/mol. The van der Waals surface area contributed by atoms with Crippen LogP contribution in [0.1, 0.15) is 30.8 Å². The maximum absolute atomic E-state index is 5.75. The Morgan fingerprint density at radius 2 is 2.19 bits per heavy atom. The molecule has 3 N–H and O–H groups in total. The summed E-state index contributed by atoms with van der Waals surface area (Å²) in [6, 6.07) is 10.5. The highest BCUT2D eigenvalue weighted by Gasteiger charge is 2.16. The molecule has 1 atom stereocenters. The number of nitrogens with two attached hydrogens (primary N) is 1. The van der Waals surface area contributed by atoms with Crippen molar-refractivity contribution < 1.29 is 0 Å². The van der Waals surface area contributed by atoms with Crippen LogP contribution in [-0.4, -0.2) is 9.55 Å². The van der Waals surface area contributed by atoms with E-state index in [2.05, 4.69) is 51.9 Å². The van der Waals surface area contributed by atoms with Gasteiger partial charge in [0.25, 0.3) is 0 Å². The van der Waals surface area contributed by atoms with Crippen molar-refractivity contribution in [1.29, 1.82) is 0 Å². The maximum atomic E-state index is 5.75. The summed E-state index contributed by atoms with van der Waals surface area (Å²) in [4.78, 5) is 4.80. The lowest BCUT2D eigenvalue weighted by molar-refractivity contribution is 0.521. The van der Waals surface area contributed by atoms with Crippen LogP contribution in [-0.2, 0) is 13.0 Å². The standard InChI is InChI=1S/C16H20N4S/c1-2-8-20-15-6-4-3-5-13(15)18-16(20)10-14(19-17)12-7-9-21-11-12/h3-7,9,11,14,19H,2,8,10,17H2,1H3. The molecule has 0 spiro atoms. The first-order valence-electron chi connectivity index (χ1n) is 7.26. The first kappa shape index (κ1) is 14.3. The SMILES string of the molecule is CCCn1c(CC(NN)c2ccsc2)nc2ccccc21. The molecule has 0 saturated carbocycles. The molecule has 110 valence electrons. The highest BCUT2D eigenvalue weighted by atomic mass is 32.1. The van der Waals surface area contributed by atoms with Gasteiger partial charge in [-0.05, 0) is 40.9 Å². The maximum Gasteiger partial charge on any atom is 0.111 e. The molecule has 2 aromatic heterocycles. The molecule has 3 aromatic rings. The lowest BCUT2D eigenvalue weighted by Crippen LogP contribution is -2.30. The van der Waals surface area contributed by atoms with E-state index in [-0.39, 0.29) is 6.04 Å². The van der Waals surface area contributed by atoms with Gasteiger partial charge in [0.15, 0.2) is 0 Å². The first-order chi connectivity index (χ1) is 10.3. The van der Waals surface area contributed by atoms with E-state index in [1.165, 1.54) is 11.1 Å². The third kappa shape index (κ3) is 2.85. The van der Waals surface area contributed by atoms with Crippen molar-refractivity contribution in [3.8, 4) is 0 Å². The number of benzene rings is 1. The largest absolute Gasteiger partial charge is 0.328 e. The molecule has 0 aliphatic heterocycles. The molecule has 2 heterocycles. The molecular formula is C16H20N4S. The number of hydrazine groups is 1. The van der Waals surface area contributed by atoms with Crippen LogP contribution in [0.2, 0.25) is 0 Å². The van der Waals surface area contributed by atoms with Gasteiger partial charge in [-0.15, -0.1) is 0 Å². The molecule has 0 aliphatic carbocycles. The fourth-order valence-electron chi connectivity index (χ4n) is 2.68. The van der Waals surface area contributed by atoms with E-state index in [0.29, 0.717) is 0 Å². The van der Waals surface area contributed by atoms with Gasteiger partial charge < -0.3 is 4.57 Å². The quantitative estimate of drug-likeness (QED) is 0.543. The van der Waals surface area contributed by atoms with E-state index >= 15 is 0 Å². The van der Waals surface area contributed by atoms with Crippen LogP contribution in [0.3, 0.4) is 0 Å². The molecule has 21 heavy (non-hydrogen) atoms. The minimum atomic E-state index is 0.101. The number of hydrogen-bond acceptors (Lipinski definition) is 4. The summed E-state index contributed by atoms with van der Waals surface area (Å²) in [6.45, 7) is 3.17. The minimum absolute atomic E-state index is 0.101. The second-order valence-electron chi connectivity index (χ2n) is 5.15. The van der Waals surface area contributed by atoms with E-state index in [9.17, 15) is 0 Å². The van der Waals surface area contributed by atoms with E-state index in [4.69, 9.17) is 10.8 Å². The number of hydrogen-bond donors (Lipinski definition) is 2. The number of nitrogens with one attached hydrogen (secondary N) is 1. The molecule has 1 unspecified atom stereocenters. The number of thiophene rings is 1. The number of nitrogens with zero attached hydrogens (tertiary/aromatic N) is 2. The summed E-state index contributed by atoms with van der Waals surface area (Å²) in [7, 11) is 0. The second-order valence-corrected chi connectivity index (χ2v) is 5.93. The average Bonchev–Trinajstić information content (AvgIpc) is 3.14. The Morgan fingerprint density at radius 1 is 1.33 bits per heavy atom. The Labute approximate surface area is 128 Å². The molecule has 0 bridgehead atoms. The van der Waals surface area contributed by atoms with Crippen LogP contribution in [0.4, 0.5) is 0 Å². The van der Waals surface area contributed by atoms with E-state index < -0.39 is 0 Å².